The normalized spacial score (nSPS) is 15.3. The van der Waals surface area contributed by atoms with E-state index in [1.54, 1.807) is 41.3 Å². The molecule has 2 N–H and O–H groups in total. The van der Waals surface area contributed by atoms with E-state index in [1.807, 2.05) is 4.90 Å². The lowest BCUT2D eigenvalue weighted by atomic mass is 9.93. The van der Waals surface area contributed by atoms with Crippen LogP contribution in [0.3, 0.4) is 0 Å². The number of amides is 1. The molecular formula is C23H26F2N4O2. The summed E-state index contributed by atoms with van der Waals surface area (Å²) in [7, 11) is 1.40. The van der Waals surface area contributed by atoms with Crippen LogP contribution in [0.4, 0.5) is 14.5 Å². The molecule has 2 aromatic carbocycles. The second-order valence-corrected chi connectivity index (χ2v) is 7.72. The molecule has 1 aliphatic heterocycles. The van der Waals surface area contributed by atoms with Crippen molar-refractivity contribution in [1.82, 2.24) is 4.90 Å². The SMILES string of the molecule is COc1ccc(CN(CC(=O)N2CCC(F)(CN)CC2)c2ccc(C#N)cc2)cc1F. The number of likely N-dealkylation sites (tertiary alicyclic amines) is 1. The van der Waals surface area contributed by atoms with Crippen LogP contribution in [0.15, 0.2) is 42.5 Å². The summed E-state index contributed by atoms with van der Waals surface area (Å²) < 4.78 is 33.5. The molecule has 1 heterocycles. The Hall–Kier alpha value is -3.18. The van der Waals surface area contributed by atoms with Gasteiger partial charge in [-0.15, -0.1) is 0 Å². The highest BCUT2D eigenvalue weighted by Crippen LogP contribution is 2.26. The molecule has 0 radical (unpaired) electrons. The summed E-state index contributed by atoms with van der Waals surface area (Å²) in [4.78, 5) is 16.4. The van der Waals surface area contributed by atoms with E-state index in [0.29, 0.717) is 24.2 Å². The molecule has 1 fully saturated rings. The zero-order chi connectivity index (χ0) is 22.4. The number of alkyl halides is 1. The number of piperidine rings is 1. The number of nitrogens with two attached hydrogens (primary N) is 1. The monoisotopic (exact) mass is 428 g/mol. The molecule has 6 nitrogen and oxygen atoms in total. The smallest absolute Gasteiger partial charge is 0.242 e. The highest BCUT2D eigenvalue weighted by Gasteiger charge is 2.34. The van der Waals surface area contributed by atoms with Gasteiger partial charge in [-0.1, -0.05) is 6.07 Å². The third kappa shape index (κ3) is 5.50. The molecule has 31 heavy (non-hydrogen) atoms. The molecule has 1 amide bonds. The summed E-state index contributed by atoms with van der Waals surface area (Å²) in [5.74, 6) is -0.478. The maximum Gasteiger partial charge on any atom is 0.242 e. The summed E-state index contributed by atoms with van der Waals surface area (Å²) in [5.41, 5.74) is 5.99. The lowest BCUT2D eigenvalue weighted by molar-refractivity contribution is -0.132. The van der Waals surface area contributed by atoms with E-state index in [2.05, 4.69) is 6.07 Å². The van der Waals surface area contributed by atoms with Crippen molar-refractivity contribution >= 4 is 11.6 Å². The third-order valence-corrected chi connectivity index (χ3v) is 5.66. The number of hydrogen-bond acceptors (Lipinski definition) is 5. The molecule has 0 atom stereocenters. The van der Waals surface area contributed by atoms with E-state index < -0.39 is 11.5 Å². The number of anilines is 1. The predicted octanol–water partition coefficient (Wildman–Crippen LogP) is 3.00. The molecule has 0 aliphatic carbocycles. The van der Waals surface area contributed by atoms with E-state index in [1.165, 1.54) is 13.2 Å². The van der Waals surface area contributed by atoms with Crippen LogP contribution < -0.4 is 15.4 Å². The van der Waals surface area contributed by atoms with Gasteiger partial charge >= 0.3 is 0 Å². The Kier molecular flexibility index (Phi) is 7.08. The summed E-state index contributed by atoms with van der Waals surface area (Å²) in [5, 5.41) is 9.04. The Bertz CT molecular complexity index is 951. The Morgan fingerprint density at radius 1 is 1.26 bits per heavy atom. The summed E-state index contributed by atoms with van der Waals surface area (Å²) in [6.45, 7) is 0.898. The van der Waals surface area contributed by atoms with Crippen LogP contribution >= 0.6 is 0 Å². The van der Waals surface area contributed by atoms with E-state index in [0.717, 1.165) is 5.69 Å². The minimum Gasteiger partial charge on any atom is -0.494 e. The fraction of sp³-hybridized carbons (Fsp3) is 0.391. The van der Waals surface area contributed by atoms with Gasteiger partial charge in [-0.25, -0.2) is 8.78 Å². The summed E-state index contributed by atoms with van der Waals surface area (Å²) >= 11 is 0. The number of benzene rings is 2. The van der Waals surface area contributed by atoms with Crippen molar-refractivity contribution in [2.24, 2.45) is 5.73 Å². The van der Waals surface area contributed by atoms with Gasteiger partial charge < -0.3 is 20.3 Å². The van der Waals surface area contributed by atoms with Crippen LogP contribution in [-0.4, -0.2) is 49.8 Å². The number of hydrogen-bond donors (Lipinski definition) is 1. The molecule has 8 heteroatoms. The van der Waals surface area contributed by atoms with Gasteiger partial charge in [0.15, 0.2) is 11.6 Å². The lowest BCUT2D eigenvalue weighted by Gasteiger charge is -2.37. The van der Waals surface area contributed by atoms with Gasteiger partial charge in [-0.2, -0.15) is 5.26 Å². The first-order chi connectivity index (χ1) is 14.9. The number of halogens is 2. The zero-order valence-electron chi connectivity index (χ0n) is 17.5. The molecule has 0 bridgehead atoms. The van der Waals surface area contributed by atoms with Gasteiger partial charge in [0.25, 0.3) is 0 Å². The summed E-state index contributed by atoms with van der Waals surface area (Å²) in [6.07, 6.45) is 0.436. The number of carbonyl (C=O) groups is 1. The van der Waals surface area contributed by atoms with Crippen molar-refractivity contribution < 1.29 is 18.3 Å². The third-order valence-electron chi connectivity index (χ3n) is 5.66. The van der Waals surface area contributed by atoms with Crippen molar-refractivity contribution in [2.45, 2.75) is 25.1 Å². The molecule has 0 aromatic heterocycles. The standard InChI is InChI=1S/C23H26F2N4O2/c1-31-21-7-4-18(12-20(21)24)14-29(19-5-2-17(13-26)3-6-19)15-22(30)28-10-8-23(25,16-27)9-11-28/h2-7,12H,8-11,14-16,27H2,1H3. The van der Waals surface area contributed by atoms with E-state index in [-0.39, 0.29) is 44.1 Å². The molecule has 0 unspecified atom stereocenters. The quantitative estimate of drug-likeness (QED) is 0.733. The summed E-state index contributed by atoms with van der Waals surface area (Å²) in [6, 6.07) is 13.6. The number of rotatable bonds is 7. The average Bonchev–Trinajstić information content (AvgIpc) is 2.79. The molecule has 0 spiro atoms. The van der Waals surface area contributed by atoms with Crippen LogP contribution in [0.2, 0.25) is 0 Å². The fourth-order valence-corrected chi connectivity index (χ4v) is 3.64. The largest absolute Gasteiger partial charge is 0.494 e. The first-order valence-electron chi connectivity index (χ1n) is 10.1. The Morgan fingerprint density at radius 2 is 1.94 bits per heavy atom. The number of ether oxygens (including phenoxy) is 1. The predicted molar refractivity (Wildman–Crippen MR) is 114 cm³/mol. The van der Waals surface area contributed by atoms with E-state index in [9.17, 15) is 13.6 Å². The number of nitrogens with zero attached hydrogens (tertiary/aromatic N) is 3. The van der Waals surface area contributed by atoms with Gasteiger partial charge in [-0.05, 0) is 42.0 Å². The van der Waals surface area contributed by atoms with Gasteiger partial charge in [0.05, 0.1) is 25.3 Å². The molecule has 164 valence electrons. The Labute approximate surface area is 180 Å². The van der Waals surface area contributed by atoms with Crippen LogP contribution in [0.1, 0.15) is 24.0 Å². The number of carbonyl (C=O) groups excluding carboxylic acids is 1. The van der Waals surface area contributed by atoms with Crippen LogP contribution in [0.25, 0.3) is 0 Å². The fourth-order valence-electron chi connectivity index (χ4n) is 3.64. The van der Waals surface area contributed by atoms with Gasteiger partial charge in [0.1, 0.15) is 5.67 Å². The van der Waals surface area contributed by atoms with Gasteiger partial charge in [0, 0.05) is 44.7 Å². The molecule has 3 rings (SSSR count). The first-order valence-corrected chi connectivity index (χ1v) is 10.1. The minimum atomic E-state index is -1.41. The van der Waals surface area contributed by atoms with Crippen LogP contribution in [0.5, 0.6) is 5.75 Å². The maximum atomic E-state index is 14.4. The topological polar surface area (TPSA) is 82.6 Å². The van der Waals surface area contributed by atoms with Crippen molar-refractivity contribution in [2.75, 3.05) is 38.2 Å². The van der Waals surface area contributed by atoms with Gasteiger partial charge in [-0.3, -0.25) is 4.79 Å². The Balaban J connectivity index is 1.78. The second kappa shape index (κ2) is 9.75. The number of methoxy groups -OCH3 is 1. The van der Waals surface area contributed by atoms with E-state index >= 15 is 0 Å². The minimum absolute atomic E-state index is 0.0431. The Morgan fingerprint density at radius 3 is 2.48 bits per heavy atom. The van der Waals surface area contributed by atoms with Crippen LogP contribution in [0, 0.1) is 17.1 Å². The first kappa shape index (κ1) is 22.5. The number of nitriles is 1. The lowest BCUT2D eigenvalue weighted by Crippen LogP contribution is -2.50. The highest BCUT2D eigenvalue weighted by molar-refractivity contribution is 5.81. The van der Waals surface area contributed by atoms with Crippen molar-refractivity contribution in [3.63, 3.8) is 0 Å². The van der Waals surface area contributed by atoms with Crippen molar-refractivity contribution in [3.8, 4) is 11.8 Å². The molecular weight excluding hydrogens is 402 g/mol. The van der Waals surface area contributed by atoms with Crippen molar-refractivity contribution in [3.05, 3.63) is 59.4 Å². The van der Waals surface area contributed by atoms with Gasteiger partial charge in [0.2, 0.25) is 5.91 Å². The molecule has 2 aromatic rings. The second-order valence-electron chi connectivity index (χ2n) is 7.72. The average molecular weight is 428 g/mol. The molecule has 1 saturated heterocycles. The highest BCUT2D eigenvalue weighted by atomic mass is 19.1. The molecule has 0 saturated carbocycles. The zero-order valence-corrected chi connectivity index (χ0v) is 17.5. The molecule has 1 aliphatic rings. The van der Waals surface area contributed by atoms with E-state index in [4.69, 9.17) is 15.7 Å². The van der Waals surface area contributed by atoms with Crippen LogP contribution in [-0.2, 0) is 11.3 Å². The maximum absolute atomic E-state index is 14.4. The van der Waals surface area contributed by atoms with Crippen molar-refractivity contribution in [1.29, 1.82) is 5.26 Å².